The van der Waals surface area contributed by atoms with Crippen LogP contribution in [0.4, 0.5) is 15.3 Å². The molecule has 1 aliphatic carbocycles. The molecule has 2 aliphatic heterocycles. The number of aliphatic imine (C=N–C) groups is 2. The summed E-state index contributed by atoms with van der Waals surface area (Å²) >= 11 is 10.0. The standard InChI is InChI=1S/C32H36ClFN8O2S2/c1-36-19-4-3-17(13-19)24-15-45-29-25(20-5-6-23(34)28-26(20)39-31(35)46-28)22(33)14-21-27(29)42(24)32(43)40-30(21)41-10-7-18(8-11-41)38-16-37-9-12-44-2/h5-6,14,17-19,24,36H,3-4,7-13,15H2,1-2H3,(H2,35,39)/t17?,19?,24-/m1/s1. The number of hydrogen-bond donors (Lipinski definition) is 2. The van der Waals surface area contributed by atoms with E-state index < -0.39 is 0 Å². The molecular weight excluding hydrogens is 647 g/mol. The summed E-state index contributed by atoms with van der Waals surface area (Å²) in [5.74, 6) is 1.34. The molecule has 7 rings (SSSR count). The number of nitrogens with zero attached hydrogens (tertiary/aromatic N) is 6. The summed E-state index contributed by atoms with van der Waals surface area (Å²) in [4.78, 5) is 35.2. The van der Waals surface area contributed by atoms with E-state index in [0.29, 0.717) is 64.8 Å². The molecule has 3 atom stereocenters. The van der Waals surface area contributed by atoms with Gasteiger partial charge in [-0.3, -0.25) is 4.57 Å². The van der Waals surface area contributed by atoms with Crippen LogP contribution >= 0.6 is 34.7 Å². The number of ether oxygens (including phenoxy) is 1. The Kier molecular flexibility index (Phi) is 9.06. The number of rotatable bonds is 8. The summed E-state index contributed by atoms with van der Waals surface area (Å²) in [7, 11) is 3.65. The first-order valence-corrected chi connectivity index (χ1v) is 17.8. The van der Waals surface area contributed by atoms with Crippen molar-refractivity contribution in [2.45, 2.75) is 55.1 Å². The third-order valence-electron chi connectivity index (χ3n) is 9.52. The lowest BCUT2D eigenvalue weighted by Gasteiger charge is -2.35. The van der Waals surface area contributed by atoms with Crippen LogP contribution in [-0.4, -0.2) is 78.8 Å². The minimum Gasteiger partial charge on any atom is -0.383 e. The number of fused-ring (bicyclic) bond motifs is 1. The Balaban J connectivity index is 1.35. The number of thioether (sulfide) groups is 1. The molecule has 0 spiro atoms. The van der Waals surface area contributed by atoms with Crippen LogP contribution in [-0.2, 0) is 4.74 Å². The Labute approximate surface area is 279 Å². The van der Waals surface area contributed by atoms with Crippen LogP contribution < -0.4 is 21.6 Å². The summed E-state index contributed by atoms with van der Waals surface area (Å²) in [5.41, 5.74) is 8.57. The molecule has 2 unspecified atom stereocenters. The van der Waals surface area contributed by atoms with Crippen molar-refractivity contribution in [1.29, 1.82) is 0 Å². The number of anilines is 2. The Morgan fingerprint density at radius 1 is 1.24 bits per heavy atom. The molecule has 0 bridgehead atoms. The zero-order valence-corrected chi connectivity index (χ0v) is 28.2. The quantitative estimate of drug-likeness (QED) is 0.175. The second kappa shape index (κ2) is 13.2. The van der Waals surface area contributed by atoms with Gasteiger partial charge in [0.05, 0.1) is 52.0 Å². The predicted octanol–water partition coefficient (Wildman–Crippen LogP) is 5.87. The Hall–Kier alpha value is -3.06. The first kappa shape index (κ1) is 31.5. The highest BCUT2D eigenvalue weighted by Gasteiger charge is 2.38. The van der Waals surface area contributed by atoms with Gasteiger partial charge in [-0.25, -0.2) is 24.2 Å². The largest absolute Gasteiger partial charge is 0.383 e. The van der Waals surface area contributed by atoms with Crippen molar-refractivity contribution in [2.24, 2.45) is 15.9 Å². The first-order chi connectivity index (χ1) is 22.4. The molecule has 1 saturated carbocycles. The van der Waals surface area contributed by atoms with Crippen molar-refractivity contribution in [3.63, 3.8) is 0 Å². The van der Waals surface area contributed by atoms with Crippen molar-refractivity contribution < 1.29 is 9.13 Å². The van der Waals surface area contributed by atoms with E-state index in [4.69, 9.17) is 27.1 Å². The third-order valence-corrected chi connectivity index (χ3v) is 11.9. The SMILES string of the molecule is CNC1CCC([C@H]2CSc3c(-c4ccc(F)c5sc(N)nc45)c(Cl)cc4c(N5CCC(N=C=NCCOC)CC5)nc(=O)n2c34)C1. The lowest BCUT2D eigenvalue weighted by molar-refractivity contribution is 0.208. The Morgan fingerprint density at radius 3 is 2.83 bits per heavy atom. The van der Waals surface area contributed by atoms with E-state index in [1.165, 1.54) is 6.07 Å². The van der Waals surface area contributed by atoms with E-state index in [-0.39, 0.29) is 28.7 Å². The van der Waals surface area contributed by atoms with Gasteiger partial charge in [0.15, 0.2) is 5.13 Å². The maximum Gasteiger partial charge on any atom is 0.350 e. The molecule has 14 heteroatoms. The average Bonchev–Trinajstić information content (AvgIpc) is 3.71. The molecule has 3 aliphatic rings. The van der Waals surface area contributed by atoms with Crippen molar-refractivity contribution >= 4 is 72.8 Å². The third kappa shape index (κ3) is 5.71. The second-order valence-electron chi connectivity index (χ2n) is 12.1. The fourth-order valence-corrected chi connectivity index (χ4v) is 9.79. The number of nitrogen functional groups attached to an aromatic ring is 1. The topological polar surface area (TPSA) is 123 Å². The van der Waals surface area contributed by atoms with Crippen LogP contribution in [0.1, 0.15) is 38.1 Å². The van der Waals surface area contributed by atoms with Gasteiger partial charge in [0, 0.05) is 53.4 Å². The van der Waals surface area contributed by atoms with Crippen LogP contribution in [0.25, 0.3) is 32.2 Å². The highest BCUT2D eigenvalue weighted by Crippen LogP contribution is 2.51. The maximum atomic E-state index is 14.8. The lowest BCUT2D eigenvalue weighted by atomic mass is 9.96. The van der Waals surface area contributed by atoms with Crippen LogP contribution in [0.5, 0.6) is 0 Å². The van der Waals surface area contributed by atoms with E-state index in [1.54, 1.807) is 24.9 Å². The fourth-order valence-electron chi connectivity index (χ4n) is 7.19. The molecule has 4 aromatic rings. The van der Waals surface area contributed by atoms with Gasteiger partial charge in [-0.2, -0.15) is 4.98 Å². The zero-order chi connectivity index (χ0) is 31.9. The monoisotopic (exact) mass is 682 g/mol. The highest BCUT2D eigenvalue weighted by atomic mass is 35.5. The molecule has 2 aromatic heterocycles. The maximum absolute atomic E-state index is 14.8. The zero-order valence-electron chi connectivity index (χ0n) is 25.8. The predicted molar refractivity (Wildman–Crippen MR) is 186 cm³/mol. The number of aromatic nitrogens is 3. The molecule has 4 heterocycles. The molecule has 2 aromatic carbocycles. The molecule has 1 saturated heterocycles. The van der Waals surface area contributed by atoms with Crippen molar-refractivity contribution in [2.75, 3.05) is 56.8 Å². The highest BCUT2D eigenvalue weighted by molar-refractivity contribution is 7.99. The first-order valence-electron chi connectivity index (χ1n) is 15.7. The molecule has 2 fully saturated rings. The van der Waals surface area contributed by atoms with Crippen molar-refractivity contribution in [1.82, 2.24) is 19.9 Å². The normalized spacial score (nSPS) is 21.7. The van der Waals surface area contributed by atoms with Crippen LogP contribution in [0.2, 0.25) is 5.02 Å². The number of hydrogen-bond acceptors (Lipinski definition) is 11. The summed E-state index contributed by atoms with van der Waals surface area (Å²) < 4.78 is 22.2. The van der Waals surface area contributed by atoms with Gasteiger partial charge in [-0.1, -0.05) is 22.9 Å². The van der Waals surface area contributed by atoms with E-state index in [0.717, 1.165) is 70.6 Å². The fraction of sp³-hybridized carbons (Fsp3) is 0.500. The Bertz CT molecular complexity index is 1920. The number of halogens is 2. The van der Waals surface area contributed by atoms with Gasteiger partial charge in [0.2, 0.25) is 0 Å². The molecule has 0 amide bonds. The number of thiazole rings is 1. The van der Waals surface area contributed by atoms with Crippen LogP contribution in [0, 0.1) is 11.7 Å². The minimum atomic E-state index is -0.371. The number of benzene rings is 2. The van der Waals surface area contributed by atoms with Crippen LogP contribution in [0.3, 0.4) is 0 Å². The molecule has 10 nitrogen and oxygen atoms in total. The lowest BCUT2D eigenvalue weighted by Crippen LogP contribution is -2.40. The van der Waals surface area contributed by atoms with E-state index in [9.17, 15) is 9.18 Å². The van der Waals surface area contributed by atoms with E-state index in [1.807, 2.05) is 17.7 Å². The van der Waals surface area contributed by atoms with Crippen LogP contribution in [0.15, 0.2) is 37.9 Å². The summed E-state index contributed by atoms with van der Waals surface area (Å²) in [6.45, 7) is 2.45. The van der Waals surface area contributed by atoms with Crippen molar-refractivity contribution in [3.05, 3.63) is 39.5 Å². The van der Waals surface area contributed by atoms with Gasteiger partial charge < -0.3 is 20.7 Å². The van der Waals surface area contributed by atoms with Gasteiger partial charge in [-0.05, 0) is 63.3 Å². The summed E-state index contributed by atoms with van der Waals surface area (Å²) in [6.07, 6.45) is 4.72. The molecule has 46 heavy (non-hydrogen) atoms. The number of piperidine rings is 1. The second-order valence-corrected chi connectivity index (χ2v) is 14.6. The average molecular weight is 683 g/mol. The van der Waals surface area contributed by atoms with E-state index >= 15 is 0 Å². The smallest absolute Gasteiger partial charge is 0.350 e. The Morgan fingerprint density at radius 2 is 2.07 bits per heavy atom. The molecular formula is C32H36ClFN8O2S2. The van der Waals surface area contributed by atoms with Gasteiger partial charge in [0.25, 0.3) is 0 Å². The summed E-state index contributed by atoms with van der Waals surface area (Å²) in [5, 5.41) is 5.07. The number of nitrogens with one attached hydrogen (secondary N) is 1. The van der Waals surface area contributed by atoms with Gasteiger partial charge in [-0.15, -0.1) is 11.8 Å². The van der Waals surface area contributed by atoms with Gasteiger partial charge in [0.1, 0.15) is 11.6 Å². The molecule has 0 radical (unpaired) electrons. The number of methoxy groups -OCH3 is 1. The van der Waals surface area contributed by atoms with Crippen molar-refractivity contribution in [3.8, 4) is 11.1 Å². The van der Waals surface area contributed by atoms with E-state index in [2.05, 4.69) is 31.2 Å². The molecule has 242 valence electrons. The summed E-state index contributed by atoms with van der Waals surface area (Å²) in [6, 6.07) is 8.45. The minimum absolute atomic E-state index is 0.00190. The van der Waals surface area contributed by atoms with Gasteiger partial charge >= 0.3 is 5.69 Å². The molecule has 3 N–H and O–H groups in total. The number of nitrogens with two attached hydrogens (primary N) is 1.